The summed E-state index contributed by atoms with van der Waals surface area (Å²) in [5.41, 5.74) is 5.55. The molecule has 2 unspecified atom stereocenters. The molecule has 7 heteroatoms. The first kappa shape index (κ1) is 12.6. The third kappa shape index (κ3) is 2.71. The zero-order valence-corrected chi connectivity index (χ0v) is 10.8. The van der Waals surface area contributed by atoms with Gasteiger partial charge in [-0.3, -0.25) is 0 Å². The van der Waals surface area contributed by atoms with Crippen LogP contribution >= 0.6 is 11.6 Å². The van der Waals surface area contributed by atoms with Crippen molar-refractivity contribution in [1.82, 2.24) is 4.72 Å². The first-order valence-corrected chi connectivity index (χ1v) is 6.91. The van der Waals surface area contributed by atoms with E-state index in [0.29, 0.717) is 12.2 Å². The number of nitrogens with one attached hydrogen (secondary N) is 1. The van der Waals surface area contributed by atoms with Crippen LogP contribution in [0.2, 0.25) is 5.02 Å². The Morgan fingerprint density at radius 1 is 1.53 bits per heavy atom. The molecular weight excluding hydrogens is 264 g/mol. The Bertz CT molecular complexity index is 532. The van der Waals surface area contributed by atoms with Crippen molar-refractivity contribution in [3.63, 3.8) is 0 Å². The SMILES string of the molecule is COc1ccc(S(=O)(=O)NC2CC2N)cc1Cl. The highest BCUT2D eigenvalue weighted by molar-refractivity contribution is 7.89. The molecule has 1 fully saturated rings. The Morgan fingerprint density at radius 3 is 2.65 bits per heavy atom. The number of hydrogen-bond acceptors (Lipinski definition) is 4. The molecular formula is C10H13ClN2O3S. The van der Waals surface area contributed by atoms with Crippen LogP contribution in [-0.2, 0) is 10.0 Å². The van der Waals surface area contributed by atoms with Gasteiger partial charge in [0.2, 0.25) is 10.0 Å². The molecule has 1 saturated carbocycles. The van der Waals surface area contributed by atoms with E-state index in [2.05, 4.69) is 4.72 Å². The molecule has 0 heterocycles. The average molecular weight is 277 g/mol. The van der Waals surface area contributed by atoms with E-state index >= 15 is 0 Å². The van der Waals surface area contributed by atoms with Crippen LogP contribution in [0.3, 0.4) is 0 Å². The molecule has 0 amide bonds. The van der Waals surface area contributed by atoms with Crippen LogP contribution in [0.5, 0.6) is 5.75 Å². The molecule has 17 heavy (non-hydrogen) atoms. The second-order valence-electron chi connectivity index (χ2n) is 3.92. The van der Waals surface area contributed by atoms with E-state index in [9.17, 15) is 8.42 Å². The van der Waals surface area contributed by atoms with Crippen LogP contribution in [0.1, 0.15) is 6.42 Å². The zero-order chi connectivity index (χ0) is 12.6. The fourth-order valence-electron chi connectivity index (χ4n) is 1.43. The number of methoxy groups -OCH3 is 1. The minimum absolute atomic E-state index is 0.0847. The summed E-state index contributed by atoms with van der Waals surface area (Å²) in [6, 6.07) is 4.07. The maximum Gasteiger partial charge on any atom is 0.240 e. The Morgan fingerprint density at radius 2 is 2.18 bits per heavy atom. The summed E-state index contributed by atoms with van der Waals surface area (Å²) in [7, 11) is -2.08. The van der Waals surface area contributed by atoms with E-state index in [-0.39, 0.29) is 22.0 Å². The molecule has 1 aromatic rings. The molecule has 0 saturated heterocycles. The number of halogens is 1. The molecule has 0 aliphatic heterocycles. The highest BCUT2D eigenvalue weighted by Crippen LogP contribution is 2.28. The molecule has 2 atom stereocenters. The molecule has 0 bridgehead atoms. The van der Waals surface area contributed by atoms with E-state index in [4.69, 9.17) is 22.1 Å². The molecule has 0 aromatic heterocycles. The van der Waals surface area contributed by atoms with Crippen molar-refractivity contribution >= 4 is 21.6 Å². The van der Waals surface area contributed by atoms with Crippen LogP contribution in [0.25, 0.3) is 0 Å². The lowest BCUT2D eigenvalue weighted by atomic mass is 10.3. The maximum atomic E-state index is 11.9. The standard InChI is InChI=1S/C10H13ClN2O3S/c1-16-10-3-2-6(4-7(10)11)17(14,15)13-9-5-8(9)12/h2-4,8-9,13H,5,12H2,1H3. The van der Waals surface area contributed by atoms with Gasteiger partial charge in [0, 0.05) is 12.1 Å². The van der Waals surface area contributed by atoms with Gasteiger partial charge in [-0.05, 0) is 24.6 Å². The highest BCUT2D eigenvalue weighted by atomic mass is 35.5. The quantitative estimate of drug-likeness (QED) is 0.849. The van der Waals surface area contributed by atoms with Crippen molar-refractivity contribution < 1.29 is 13.2 Å². The van der Waals surface area contributed by atoms with Crippen LogP contribution in [0, 0.1) is 0 Å². The monoisotopic (exact) mass is 276 g/mol. The third-order valence-corrected chi connectivity index (χ3v) is 4.36. The lowest BCUT2D eigenvalue weighted by molar-refractivity contribution is 0.414. The van der Waals surface area contributed by atoms with Gasteiger partial charge in [-0.2, -0.15) is 0 Å². The molecule has 94 valence electrons. The van der Waals surface area contributed by atoms with Crippen molar-refractivity contribution in [3.05, 3.63) is 23.2 Å². The molecule has 0 radical (unpaired) electrons. The lowest BCUT2D eigenvalue weighted by Gasteiger charge is -2.08. The largest absolute Gasteiger partial charge is 0.495 e. The van der Waals surface area contributed by atoms with Crippen LogP contribution in [0.4, 0.5) is 0 Å². The molecule has 1 aromatic carbocycles. The third-order valence-electron chi connectivity index (χ3n) is 2.58. The van der Waals surface area contributed by atoms with Crippen LogP contribution in [0.15, 0.2) is 23.1 Å². The lowest BCUT2D eigenvalue weighted by Crippen LogP contribution is -2.29. The summed E-state index contributed by atoms with van der Waals surface area (Å²) in [5.74, 6) is 0.439. The number of benzene rings is 1. The minimum Gasteiger partial charge on any atom is -0.495 e. The van der Waals surface area contributed by atoms with Crippen LogP contribution in [-0.4, -0.2) is 27.6 Å². The van der Waals surface area contributed by atoms with Gasteiger partial charge < -0.3 is 10.5 Å². The van der Waals surface area contributed by atoms with E-state index in [1.807, 2.05) is 0 Å². The number of nitrogens with two attached hydrogens (primary N) is 1. The Balaban J connectivity index is 2.24. The fourth-order valence-corrected chi connectivity index (χ4v) is 3.08. The van der Waals surface area contributed by atoms with Crippen molar-refractivity contribution in [2.75, 3.05) is 7.11 Å². The molecule has 1 aliphatic rings. The molecule has 2 rings (SSSR count). The maximum absolute atomic E-state index is 11.9. The minimum atomic E-state index is -3.55. The summed E-state index contributed by atoms with van der Waals surface area (Å²) in [5, 5.41) is 0.260. The van der Waals surface area contributed by atoms with Gasteiger partial charge in [-0.1, -0.05) is 11.6 Å². The average Bonchev–Trinajstić information content (AvgIpc) is 2.93. The normalized spacial score (nSPS) is 23.5. The first-order chi connectivity index (χ1) is 7.94. The zero-order valence-electron chi connectivity index (χ0n) is 9.18. The van der Waals surface area contributed by atoms with E-state index < -0.39 is 10.0 Å². The van der Waals surface area contributed by atoms with Crippen molar-refractivity contribution in [3.8, 4) is 5.75 Å². The summed E-state index contributed by atoms with van der Waals surface area (Å²) >= 11 is 5.87. The Labute approximate surface area is 105 Å². The van der Waals surface area contributed by atoms with E-state index in [0.717, 1.165) is 0 Å². The second kappa shape index (κ2) is 4.45. The summed E-state index contributed by atoms with van der Waals surface area (Å²) in [6.45, 7) is 0. The van der Waals surface area contributed by atoms with Crippen LogP contribution < -0.4 is 15.2 Å². The predicted molar refractivity (Wildman–Crippen MR) is 64.7 cm³/mol. The van der Waals surface area contributed by atoms with Gasteiger partial charge >= 0.3 is 0 Å². The number of rotatable bonds is 4. The predicted octanol–water partition coefficient (Wildman–Crippen LogP) is 0.727. The number of hydrogen-bond donors (Lipinski definition) is 2. The number of sulfonamides is 1. The molecule has 0 spiro atoms. The number of ether oxygens (including phenoxy) is 1. The highest BCUT2D eigenvalue weighted by Gasteiger charge is 2.37. The molecule has 3 N–H and O–H groups in total. The van der Waals surface area contributed by atoms with Gasteiger partial charge in [-0.15, -0.1) is 0 Å². The van der Waals surface area contributed by atoms with Crippen molar-refractivity contribution in [1.29, 1.82) is 0 Å². The van der Waals surface area contributed by atoms with Gasteiger partial charge in [0.1, 0.15) is 5.75 Å². The second-order valence-corrected chi connectivity index (χ2v) is 6.04. The van der Waals surface area contributed by atoms with Gasteiger partial charge in [0.15, 0.2) is 0 Å². The summed E-state index contributed by atoms with van der Waals surface area (Å²) in [6.07, 6.45) is 0.670. The summed E-state index contributed by atoms with van der Waals surface area (Å²) < 4.78 is 31.3. The van der Waals surface area contributed by atoms with Gasteiger partial charge in [-0.25, -0.2) is 13.1 Å². The first-order valence-electron chi connectivity index (χ1n) is 5.05. The fraction of sp³-hybridized carbons (Fsp3) is 0.400. The topological polar surface area (TPSA) is 81.4 Å². The molecule has 1 aliphatic carbocycles. The van der Waals surface area contributed by atoms with Gasteiger partial charge in [0.25, 0.3) is 0 Å². The van der Waals surface area contributed by atoms with E-state index in [1.165, 1.54) is 25.3 Å². The van der Waals surface area contributed by atoms with Crippen molar-refractivity contribution in [2.24, 2.45) is 5.73 Å². The van der Waals surface area contributed by atoms with E-state index in [1.54, 1.807) is 0 Å². The van der Waals surface area contributed by atoms with Gasteiger partial charge in [0.05, 0.1) is 17.0 Å². The molecule has 5 nitrogen and oxygen atoms in total. The smallest absolute Gasteiger partial charge is 0.240 e. The Kier molecular flexibility index (Phi) is 3.31. The Hall–Kier alpha value is -0.820. The van der Waals surface area contributed by atoms with Crippen molar-refractivity contribution in [2.45, 2.75) is 23.4 Å². The summed E-state index contributed by atoms with van der Waals surface area (Å²) in [4.78, 5) is 0.113.